The number of hydrogen-bond acceptors (Lipinski definition) is 5. The Balaban J connectivity index is 1.45. The minimum Gasteiger partial charge on any atom is -0.505 e. The molecule has 26 heavy (non-hydrogen) atoms. The zero-order valence-electron chi connectivity index (χ0n) is 14.3. The number of aryl methyl sites for hydroxylation is 2. The summed E-state index contributed by atoms with van der Waals surface area (Å²) >= 11 is 0. The summed E-state index contributed by atoms with van der Waals surface area (Å²) in [5.74, 6) is 1.16. The number of carbonyl (C=O) groups excluding carboxylic acids is 1. The number of oxazole rings is 1. The third-order valence-electron chi connectivity index (χ3n) is 4.52. The molecule has 1 N–H and O–H groups in total. The van der Waals surface area contributed by atoms with E-state index in [-0.39, 0.29) is 17.4 Å². The smallest absolute Gasteiger partial charge is 0.276 e. The molecule has 0 atom stereocenters. The van der Waals surface area contributed by atoms with Gasteiger partial charge in [0.2, 0.25) is 0 Å². The highest BCUT2D eigenvalue weighted by molar-refractivity contribution is 5.94. The van der Waals surface area contributed by atoms with Crippen molar-refractivity contribution < 1.29 is 14.3 Å². The van der Waals surface area contributed by atoms with Crippen molar-refractivity contribution in [2.45, 2.75) is 25.8 Å². The first-order chi connectivity index (χ1) is 12.7. The lowest BCUT2D eigenvalue weighted by Gasteiger charge is -2.25. The van der Waals surface area contributed by atoms with E-state index in [0.29, 0.717) is 25.4 Å². The number of aromatic nitrogens is 2. The molecule has 1 aliphatic rings. The Morgan fingerprint density at radius 1 is 1.15 bits per heavy atom. The quantitative estimate of drug-likeness (QED) is 0.783. The number of hydrogen-bond donors (Lipinski definition) is 1. The van der Waals surface area contributed by atoms with Gasteiger partial charge in [-0.3, -0.25) is 4.79 Å². The molecule has 6 nitrogen and oxygen atoms in total. The fourth-order valence-electron chi connectivity index (χ4n) is 3.14. The van der Waals surface area contributed by atoms with Gasteiger partial charge in [-0.25, -0.2) is 9.97 Å². The maximum absolute atomic E-state index is 12.6. The average Bonchev–Trinajstić information content (AvgIpc) is 3.09. The van der Waals surface area contributed by atoms with Gasteiger partial charge in [0.25, 0.3) is 5.91 Å². The fourth-order valence-corrected chi connectivity index (χ4v) is 3.14. The van der Waals surface area contributed by atoms with Gasteiger partial charge < -0.3 is 14.4 Å². The number of amides is 1. The van der Waals surface area contributed by atoms with E-state index < -0.39 is 0 Å². The largest absolute Gasteiger partial charge is 0.505 e. The van der Waals surface area contributed by atoms with E-state index in [0.717, 1.165) is 24.3 Å². The first kappa shape index (κ1) is 16.3. The molecule has 0 unspecified atom stereocenters. The van der Waals surface area contributed by atoms with Gasteiger partial charge in [-0.2, -0.15) is 0 Å². The van der Waals surface area contributed by atoms with Crippen molar-refractivity contribution in [1.82, 2.24) is 14.9 Å². The lowest BCUT2D eigenvalue weighted by Crippen LogP contribution is -2.36. The van der Waals surface area contributed by atoms with E-state index in [1.165, 1.54) is 17.8 Å². The molecule has 0 saturated carbocycles. The normalized spacial score (nSPS) is 13.5. The van der Waals surface area contributed by atoms with Gasteiger partial charge in [-0.1, -0.05) is 30.3 Å². The highest BCUT2D eigenvalue weighted by Gasteiger charge is 2.28. The molecule has 0 spiro atoms. The van der Waals surface area contributed by atoms with Crippen LogP contribution in [0.3, 0.4) is 0 Å². The molecule has 2 aromatic heterocycles. The molecular formula is C20H19N3O3. The van der Waals surface area contributed by atoms with Crippen LogP contribution in [0.5, 0.6) is 5.75 Å². The number of nitrogens with zero attached hydrogens (tertiary/aromatic N) is 3. The van der Waals surface area contributed by atoms with Gasteiger partial charge in [-0.15, -0.1) is 0 Å². The Kier molecular flexibility index (Phi) is 4.39. The molecule has 0 radical (unpaired) electrons. The number of benzene rings is 1. The highest BCUT2D eigenvalue weighted by Crippen LogP contribution is 2.23. The summed E-state index contributed by atoms with van der Waals surface area (Å²) in [6.45, 7) is 0.897. The van der Waals surface area contributed by atoms with Gasteiger partial charge in [0.1, 0.15) is 17.2 Å². The Hall–Kier alpha value is -3.15. The van der Waals surface area contributed by atoms with Crippen LogP contribution in [-0.2, 0) is 25.8 Å². The van der Waals surface area contributed by atoms with E-state index in [2.05, 4.69) is 22.1 Å². The second-order valence-corrected chi connectivity index (χ2v) is 6.31. The zero-order valence-corrected chi connectivity index (χ0v) is 14.3. The standard InChI is InChI=1S/C20H19N3O3/c24-16-7-4-11-21-19(16)20(25)23-12-10-17-15(13-23)22-18(26-17)9-8-14-5-2-1-3-6-14/h1-7,11,24H,8-10,12-13H2. The molecule has 0 saturated heterocycles. The number of carbonyl (C=O) groups is 1. The lowest BCUT2D eigenvalue weighted by molar-refractivity contribution is 0.0718. The molecule has 1 amide bonds. The average molecular weight is 349 g/mol. The van der Waals surface area contributed by atoms with Crippen LogP contribution in [0.2, 0.25) is 0 Å². The Bertz CT molecular complexity index is 921. The van der Waals surface area contributed by atoms with E-state index >= 15 is 0 Å². The van der Waals surface area contributed by atoms with Crippen molar-refractivity contribution >= 4 is 5.91 Å². The topological polar surface area (TPSA) is 79.5 Å². The minimum atomic E-state index is -0.289. The number of aromatic hydroxyl groups is 1. The minimum absolute atomic E-state index is 0.0729. The molecular weight excluding hydrogens is 330 g/mol. The van der Waals surface area contributed by atoms with Gasteiger partial charge in [0.05, 0.1) is 6.54 Å². The maximum atomic E-state index is 12.6. The maximum Gasteiger partial charge on any atom is 0.276 e. The predicted octanol–water partition coefficient (Wildman–Crippen LogP) is 2.76. The summed E-state index contributed by atoms with van der Waals surface area (Å²) < 4.78 is 5.87. The molecule has 1 aromatic carbocycles. The molecule has 3 heterocycles. The van der Waals surface area contributed by atoms with Crippen LogP contribution in [0.15, 0.2) is 53.1 Å². The van der Waals surface area contributed by atoms with E-state index in [4.69, 9.17) is 4.42 Å². The van der Waals surface area contributed by atoms with Crippen LogP contribution in [0.25, 0.3) is 0 Å². The Morgan fingerprint density at radius 2 is 2.00 bits per heavy atom. The molecule has 0 fully saturated rings. The number of pyridine rings is 1. The van der Waals surface area contributed by atoms with Crippen molar-refractivity contribution in [2.24, 2.45) is 0 Å². The van der Waals surface area contributed by atoms with Crippen LogP contribution < -0.4 is 0 Å². The van der Waals surface area contributed by atoms with E-state index in [1.54, 1.807) is 11.0 Å². The van der Waals surface area contributed by atoms with Crippen LogP contribution in [0, 0.1) is 0 Å². The van der Waals surface area contributed by atoms with E-state index in [1.807, 2.05) is 18.2 Å². The molecule has 4 rings (SSSR count). The second-order valence-electron chi connectivity index (χ2n) is 6.31. The summed E-state index contributed by atoms with van der Waals surface area (Å²) in [6, 6.07) is 13.3. The zero-order chi connectivity index (χ0) is 17.9. The van der Waals surface area contributed by atoms with E-state index in [9.17, 15) is 9.90 Å². The van der Waals surface area contributed by atoms with Crippen molar-refractivity contribution in [3.05, 3.63) is 77.3 Å². The van der Waals surface area contributed by atoms with Crippen LogP contribution >= 0.6 is 0 Å². The van der Waals surface area contributed by atoms with Gasteiger partial charge in [0, 0.05) is 25.6 Å². The molecule has 0 aliphatic carbocycles. The third-order valence-corrected chi connectivity index (χ3v) is 4.52. The van der Waals surface area contributed by atoms with Crippen LogP contribution in [0.4, 0.5) is 0 Å². The molecule has 0 bridgehead atoms. The summed E-state index contributed by atoms with van der Waals surface area (Å²) in [7, 11) is 0. The van der Waals surface area contributed by atoms with Gasteiger partial charge in [0.15, 0.2) is 11.6 Å². The predicted molar refractivity (Wildman–Crippen MR) is 94.7 cm³/mol. The lowest BCUT2D eigenvalue weighted by atomic mass is 10.1. The van der Waals surface area contributed by atoms with Crippen LogP contribution in [-0.4, -0.2) is 32.4 Å². The highest BCUT2D eigenvalue weighted by atomic mass is 16.4. The monoisotopic (exact) mass is 349 g/mol. The SMILES string of the molecule is O=C(c1ncccc1O)N1CCc2oc(CCc3ccccc3)nc2C1. The summed E-state index contributed by atoms with van der Waals surface area (Å²) in [5, 5.41) is 9.85. The van der Waals surface area contributed by atoms with Gasteiger partial charge >= 0.3 is 0 Å². The van der Waals surface area contributed by atoms with Gasteiger partial charge in [-0.05, 0) is 24.1 Å². The van der Waals surface area contributed by atoms with Crippen molar-refractivity contribution in [3.63, 3.8) is 0 Å². The molecule has 1 aliphatic heterocycles. The molecule has 3 aromatic rings. The number of fused-ring (bicyclic) bond motifs is 1. The third kappa shape index (κ3) is 3.31. The fraction of sp³-hybridized carbons (Fsp3) is 0.250. The van der Waals surface area contributed by atoms with Crippen molar-refractivity contribution in [3.8, 4) is 5.75 Å². The summed E-state index contributed by atoms with van der Waals surface area (Å²) in [5.41, 5.74) is 2.11. The number of rotatable bonds is 4. The van der Waals surface area contributed by atoms with Crippen molar-refractivity contribution in [1.29, 1.82) is 0 Å². The first-order valence-electron chi connectivity index (χ1n) is 8.65. The first-order valence-corrected chi connectivity index (χ1v) is 8.65. The Morgan fingerprint density at radius 3 is 2.81 bits per heavy atom. The molecule has 132 valence electrons. The summed E-state index contributed by atoms with van der Waals surface area (Å²) in [6.07, 6.45) is 3.71. The summed E-state index contributed by atoms with van der Waals surface area (Å²) in [4.78, 5) is 22.8. The molecule has 6 heteroatoms. The van der Waals surface area contributed by atoms with Crippen molar-refractivity contribution in [2.75, 3.05) is 6.54 Å². The second kappa shape index (κ2) is 7.00. The van der Waals surface area contributed by atoms with Crippen LogP contribution in [0.1, 0.15) is 33.4 Å². The Labute approximate surface area is 151 Å².